The van der Waals surface area contributed by atoms with Crippen LogP contribution < -0.4 is 10.2 Å². The van der Waals surface area contributed by atoms with E-state index in [1.54, 1.807) is 19.1 Å². The van der Waals surface area contributed by atoms with E-state index in [1.807, 2.05) is 0 Å². The van der Waals surface area contributed by atoms with Crippen molar-refractivity contribution >= 4 is 44.8 Å². The number of carbonyl (C=O) groups is 2. The van der Waals surface area contributed by atoms with Gasteiger partial charge < -0.3 is 10.2 Å². The molecule has 2 saturated heterocycles. The van der Waals surface area contributed by atoms with Crippen molar-refractivity contribution in [2.45, 2.75) is 31.1 Å². The molecular weight excluding hydrogens is 457 g/mol. The number of amides is 2. The Balaban J connectivity index is 1.49. The number of nitrogens with zero attached hydrogens (tertiary/aromatic N) is 2. The minimum absolute atomic E-state index is 0.0200. The summed E-state index contributed by atoms with van der Waals surface area (Å²) in [7, 11) is -3.76. The van der Waals surface area contributed by atoms with E-state index in [-0.39, 0.29) is 34.5 Å². The van der Waals surface area contributed by atoms with E-state index in [0.29, 0.717) is 24.3 Å². The van der Waals surface area contributed by atoms with Crippen molar-refractivity contribution in [3.8, 4) is 0 Å². The smallest absolute Gasteiger partial charge is 0.244 e. The molecule has 32 heavy (non-hydrogen) atoms. The fourth-order valence-corrected chi connectivity index (χ4v) is 5.99. The molecule has 0 spiro atoms. The average Bonchev–Trinajstić information content (AvgIpc) is 3.42. The molecule has 1 atom stereocenters. The van der Waals surface area contributed by atoms with Crippen LogP contribution in [0.15, 0.2) is 41.3 Å². The molecular formula is C22H23ClFN3O4S. The van der Waals surface area contributed by atoms with Gasteiger partial charge in [0.2, 0.25) is 21.8 Å². The molecule has 0 aromatic heterocycles. The zero-order chi connectivity index (χ0) is 23.0. The van der Waals surface area contributed by atoms with Gasteiger partial charge in [0.15, 0.2) is 0 Å². The Bertz CT molecular complexity index is 1180. The van der Waals surface area contributed by atoms with Crippen LogP contribution in [0, 0.1) is 18.7 Å². The summed E-state index contributed by atoms with van der Waals surface area (Å²) in [6, 6.07) is 8.81. The van der Waals surface area contributed by atoms with Gasteiger partial charge in [0.05, 0.1) is 10.9 Å². The first-order chi connectivity index (χ1) is 15.2. The van der Waals surface area contributed by atoms with E-state index in [0.717, 1.165) is 12.8 Å². The predicted octanol–water partition coefficient (Wildman–Crippen LogP) is 3.56. The highest BCUT2D eigenvalue weighted by molar-refractivity contribution is 7.89. The highest BCUT2D eigenvalue weighted by Crippen LogP contribution is 2.31. The number of hydrogen-bond acceptors (Lipinski definition) is 4. The van der Waals surface area contributed by atoms with Crippen molar-refractivity contribution in [3.63, 3.8) is 0 Å². The molecule has 2 aromatic rings. The Morgan fingerprint density at radius 1 is 1.16 bits per heavy atom. The zero-order valence-electron chi connectivity index (χ0n) is 17.5. The first-order valence-electron chi connectivity index (χ1n) is 10.3. The molecule has 2 aliphatic rings. The Kier molecular flexibility index (Phi) is 6.24. The van der Waals surface area contributed by atoms with Crippen LogP contribution in [0.1, 0.15) is 24.8 Å². The first kappa shape index (κ1) is 22.7. The van der Waals surface area contributed by atoms with Crippen LogP contribution in [0.4, 0.5) is 15.8 Å². The zero-order valence-corrected chi connectivity index (χ0v) is 19.0. The summed E-state index contributed by atoms with van der Waals surface area (Å²) in [4.78, 5) is 26.6. The number of halogens is 2. The highest BCUT2D eigenvalue weighted by Gasteiger charge is 2.36. The van der Waals surface area contributed by atoms with Crippen LogP contribution in [0.2, 0.25) is 5.02 Å². The Labute approximate surface area is 191 Å². The summed E-state index contributed by atoms with van der Waals surface area (Å²) in [6.07, 6.45) is 1.57. The molecule has 2 amide bonds. The molecule has 2 aliphatic heterocycles. The maximum absolute atomic E-state index is 13.9. The van der Waals surface area contributed by atoms with Gasteiger partial charge in [-0.3, -0.25) is 9.59 Å². The summed E-state index contributed by atoms with van der Waals surface area (Å²) in [5.74, 6) is -1.76. The number of nitrogens with one attached hydrogen (secondary N) is 1. The van der Waals surface area contributed by atoms with Crippen molar-refractivity contribution < 1.29 is 22.4 Å². The van der Waals surface area contributed by atoms with Gasteiger partial charge >= 0.3 is 0 Å². The highest BCUT2D eigenvalue weighted by atomic mass is 35.5. The van der Waals surface area contributed by atoms with E-state index in [4.69, 9.17) is 11.6 Å². The lowest BCUT2D eigenvalue weighted by molar-refractivity contribution is -0.122. The van der Waals surface area contributed by atoms with Gasteiger partial charge in [-0.2, -0.15) is 4.31 Å². The van der Waals surface area contributed by atoms with E-state index in [2.05, 4.69) is 5.32 Å². The third-order valence-corrected chi connectivity index (χ3v) is 8.22. The molecule has 2 heterocycles. The van der Waals surface area contributed by atoms with Gasteiger partial charge in [0.25, 0.3) is 0 Å². The normalized spacial score (nSPS) is 19.5. The minimum atomic E-state index is -3.76. The molecule has 0 unspecified atom stereocenters. The van der Waals surface area contributed by atoms with Crippen LogP contribution in [-0.4, -0.2) is 44.2 Å². The number of rotatable bonds is 5. The quantitative estimate of drug-likeness (QED) is 0.710. The number of hydrogen-bond donors (Lipinski definition) is 1. The van der Waals surface area contributed by atoms with Crippen molar-refractivity contribution in [1.82, 2.24) is 4.31 Å². The monoisotopic (exact) mass is 479 g/mol. The molecule has 4 rings (SSSR count). The summed E-state index contributed by atoms with van der Waals surface area (Å²) >= 11 is 6.15. The summed E-state index contributed by atoms with van der Waals surface area (Å²) < 4.78 is 41.1. The van der Waals surface area contributed by atoms with Crippen molar-refractivity contribution in [1.29, 1.82) is 0 Å². The standard InChI is InChI=1S/C22H23ClFN3O4S/c1-14-4-6-17(12-19(14)24)27-13-15(10-21(27)28)22(29)25-16-5-7-18(23)20(11-16)32(30,31)26-8-2-3-9-26/h4-7,11-12,15H,2-3,8-10,13H2,1H3,(H,25,29)/t15-/m0/s1. The maximum Gasteiger partial charge on any atom is 0.244 e. The molecule has 0 bridgehead atoms. The van der Waals surface area contributed by atoms with Crippen molar-refractivity contribution in [2.24, 2.45) is 5.92 Å². The van der Waals surface area contributed by atoms with Crippen molar-refractivity contribution in [3.05, 3.63) is 52.8 Å². The number of aryl methyl sites for hydroxylation is 1. The molecule has 10 heteroatoms. The Morgan fingerprint density at radius 2 is 1.88 bits per heavy atom. The van der Waals surface area contributed by atoms with Gasteiger partial charge in [-0.1, -0.05) is 17.7 Å². The fraction of sp³-hybridized carbons (Fsp3) is 0.364. The second-order valence-corrected chi connectivity index (χ2v) is 10.4. The second-order valence-electron chi connectivity index (χ2n) is 8.08. The molecule has 0 radical (unpaired) electrons. The molecule has 0 saturated carbocycles. The van der Waals surface area contributed by atoms with Crippen molar-refractivity contribution in [2.75, 3.05) is 29.9 Å². The lowest BCUT2D eigenvalue weighted by atomic mass is 10.1. The van der Waals surface area contributed by atoms with Crippen LogP contribution in [-0.2, 0) is 19.6 Å². The predicted molar refractivity (Wildman–Crippen MR) is 120 cm³/mol. The largest absolute Gasteiger partial charge is 0.326 e. The molecule has 170 valence electrons. The van der Waals surface area contributed by atoms with Gasteiger partial charge in [0.1, 0.15) is 10.7 Å². The number of anilines is 2. The van der Waals surface area contributed by atoms with Crippen LogP contribution in [0.3, 0.4) is 0 Å². The van der Waals surface area contributed by atoms with Crippen LogP contribution in [0.25, 0.3) is 0 Å². The van der Waals surface area contributed by atoms with E-state index < -0.39 is 27.7 Å². The number of sulfonamides is 1. The third-order valence-electron chi connectivity index (χ3n) is 5.84. The summed E-state index contributed by atoms with van der Waals surface area (Å²) in [6.45, 7) is 2.62. The Hall–Kier alpha value is -2.49. The van der Waals surface area contributed by atoms with Gasteiger partial charge in [0, 0.05) is 37.4 Å². The summed E-state index contributed by atoms with van der Waals surface area (Å²) in [5, 5.41) is 2.78. The topological polar surface area (TPSA) is 86.8 Å². The number of carbonyl (C=O) groups excluding carboxylic acids is 2. The van der Waals surface area contributed by atoms with Gasteiger partial charge in [-0.05, 0) is 55.7 Å². The van der Waals surface area contributed by atoms with E-state index >= 15 is 0 Å². The molecule has 0 aliphatic carbocycles. The third kappa shape index (κ3) is 4.37. The van der Waals surface area contributed by atoms with Gasteiger partial charge in [-0.25, -0.2) is 12.8 Å². The average molecular weight is 480 g/mol. The van der Waals surface area contributed by atoms with E-state index in [1.165, 1.54) is 33.5 Å². The lowest BCUT2D eigenvalue weighted by Crippen LogP contribution is -2.29. The molecule has 7 nitrogen and oxygen atoms in total. The molecule has 1 N–H and O–H groups in total. The first-order valence-corrected chi connectivity index (χ1v) is 12.2. The molecule has 2 fully saturated rings. The Morgan fingerprint density at radius 3 is 2.56 bits per heavy atom. The fourth-order valence-electron chi connectivity index (χ4n) is 3.97. The lowest BCUT2D eigenvalue weighted by Gasteiger charge is -2.18. The maximum atomic E-state index is 13.9. The SMILES string of the molecule is Cc1ccc(N2C[C@@H](C(=O)Nc3ccc(Cl)c(S(=O)(=O)N4CCCC4)c3)CC2=O)cc1F. The minimum Gasteiger partial charge on any atom is -0.326 e. The van der Waals surface area contributed by atoms with Crippen LogP contribution >= 0.6 is 11.6 Å². The van der Waals surface area contributed by atoms with E-state index in [9.17, 15) is 22.4 Å². The van der Waals surface area contributed by atoms with Crippen LogP contribution in [0.5, 0.6) is 0 Å². The van der Waals surface area contributed by atoms with Gasteiger partial charge in [-0.15, -0.1) is 0 Å². The number of benzene rings is 2. The molecule has 2 aromatic carbocycles. The second kappa shape index (κ2) is 8.80. The summed E-state index contributed by atoms with van der Waals surface area (Å²) in [5.41, 5.74) is 1.15.